The van der Waals surface area contributed by atoms with Crippen LogP contribution in [0.1, 0.15) is 19.3 Å². The zero-order chi connectivity index (χ0) is 9.38. The zero-order valence-corrected chi connectivity index (χ0v) is 8.11. The highest BCUT2D eigenvalue weighted by Gasteiger charge is 2.26. The van der Waals surface area contributed by atoms with Crippen molar-refractivity contribution in [3.63, 3.8) is 0 Å². The first kappa shape index (κ1) is 7.98. The Labute approximate surface area is 84.2 Å². The fourth-order valence-corrected chi connectivity index (χ4v) is 2.22. The topological polar surface area (TPSA) is 12.4 Å². The Balaban J connectivity index is 1.80. The van der Waals surface area contributed by atoms with Crippen LogP contribution in [0.2, 0.25) is 0 Å². The van der Waals surface area contributed by atoms with Gasteiger partial charge in [-0.05, 0) is 19.3 Å². The minimum Gasteiger partial charge on any atom is -0.256 e. The quantitative estimate of drug-likeness (QED) is 0.592. The molecule has 1 heteroatoms. The molecule has 0 aromatic carbocycles. The fourth-order valence-electron chi connectivity index (χ4n) is 2.22. The standard InChI is InChI=1S/C13H13N/c1-2-6-10(7-3-1)13-11-8-4-5-9-12(11)14-13/h1-4,6,8,10H,5,7,9H2. The normalized spacial score (nSPS) is 28.6. The summed E-state index contributed by atoms with van der Waals surface area (Å²) in [6, 6.07) is 0. The molecule has 0 spiro atoms. The van der Waals surface area contributed by atoms with Gasteiger partial charge in [-0.1, -0.05) is 36.5 Å². The van der Waals surface area contributed by atoms with Gasteiger partial charge in [0.15, 0.2) is 0 Å². The van der Waals surface area contributed by atoms with Crippen molar-refractivity contribution in [2.75, 3.05) is 0 Å². The summed E-state index contributed by atoms with van der Waals surface area (Å²) >= 11 is 0. The van der Waals surface area contributed by atoms with Gasteiger partial charge in [0, 0.05) is 11.5 Å². The Kier molecular flexibility index (Phi) is 1.76. The van der Waals surface area contributed by atoms with Crippen LogP contribution in [-0.2, 0) is 0 Å². The van der Waals surface area contributed by atoms with Crippen LogP contribution in [0.3, 0.4) is 0 Å². The van der Waals surface area contributed by atoms with Gasteiger partial charge in [-0.2, -0.15) is 0 Å². The average molecular weight is 183 g/mol. The molecule has 1 unspecified atom stereocenters. The van der Waals surface area contributed by atoms with Gasteiger partial charge < -0.3 is 0 Å². The van der Waals surface area contributed by atoms with Crippen LogP contribution in [-0.4, -0.2) is 5.71 Å². The number of aliphatic imine (C=N–C) groups is 1. The monoisotopic (exact) mass is 183 g/mol. The van der Waals surface area contributed by atoms with E-state index in [9.17, 15) is 0 Å². The van der Waals surface area contributed by atoms with E-state index in [-0.39, 0.29) is 0 Å². The van der Waals surface area contributed by atoms with E-state index in [4.69, 9.17) is 0 Å². The van der Waals surface area contributed by atoms with Crippen LogP contribution < -0.4 is 0 Å². The van der Waals surface area contributed by atoms with Crippen molar-refractivity contribution in [1.82, 2.24) is 0 Å². The second kappa shape index (κ2) is 3.09. The van der Waals surface area contributed by atoms with Gasteiger partial charge in [0.05, 0.1) is 11.4 Å². The number of allylic oxidation sites excluding steroid dienone is 8. The minimum atomic E-state index is 0.529. The van der Waals surface area contributed by atoms with Crippen LogP contribution in [0.15, 0.2) is 52.7 Å². The molecule has 0 N–H and O–H groups in total. The first-order valence-corrected chi connectivity index (χ1v) is 5.27. The van der Waals surface area contributed by atoms with E-state index in [1.165, 1.54) is 17.0 Å². The summed E-state index contributed by atoms with van der Waals surface area (Å²) in [6.45, 7) is 0. The van der Waals surface area contributed by atoms with Gasteiger partial charge in [0.2, 0.25) is 0 Å². The van der Waals surface area contributed by atoms with Gasteiger partial charge in [0.25, 0.3) is 0 Å². The van der Waals surface area contributed by atoms with Gasteiger partial charge >= 0.3 is 0 Å². The number of rotatable bonds is 1. The second-order valence-electron chi connectivity index (χ2n) is 3.95. The van der Waals surface area contributed by atoms with E-state index in [0.29, 0.717) is 5.92 Å². The Morgan fingerprint density at radius 2 is 2.21 bits per heavy atom. The van der Waals surface area contributed by atoms with Gasteiger partial charge in [-0.3, -0.25) is 4.99 Å². The highest BCUT2D eigenvalue weighted by atomic mass is 14.8. The SMILES string of the molecule is C1=CCC(C2=NC3=C2C=CCC3)C=C1. The maximum atomic E-state index is 4.63. The van der Waals surface area contributed by atoms with Crippen molar-refractivity contribution >= 4 is 5.71 Å². The lowest BCUT2D eigenvalue weighted by Crippen LogP contribution is -2.23. The Bertz CT molecular complexity index is 405. The number of hydrogen-bond donors (Lipinski definition) is 0. The van der Waals surface area contributed by atoms with E-state index in [0.717, 1.165) is 19.3 Å². The molecule has 1 nitrogen and oxygen atoms in total. The summed E-state index contributed by atoms with van der Waals surface area (Å²) < 4.78 is 0. The molecule has 2 aliphatic carbocycles. The summed E-state index contributed by atoms with van der Waals surface area (Å²) in [5, 5.41) is 0. The molecule has 1 atom stereocenters. The number of nitrogens with zero attached hydrogens (tertiary/aromatic N) is 1. The summed E-state index contributed by atoms with van der Waals surface area (Å²) in [4.78, 5) is 4.63. The lowest BCUT2D eigenvalue weighted by Gasteiger charge is -2.28. The van der Waals surface area contributed by atoms with Crippen LogP contribution in [0.5, 0.6) is 0 Å². The van der Waals surface area contributed by atoms with Crippen molar-refractivity contribution in [2.24, 2.45) is 10.9 Å². The highest BCUT2D eigenvalue weighted by molar-refractivity contribution is 6.11. The lowest BCUT2D eigenvalue weighted by molar-refractivity contribution is 0.825. The van der Waals surface area contributed by atoms with E-state index in [1.807, 2.05) is 0 Å². The molecule has 70 valence electrons. The largest absolute Gasteiger partial charge is 0.256 e. The first-order chi connectivity index (χ1) is 6.95. The maximum absolute atomic E-state index is 4.63. The Morgan fingerprint density at radius 1 is 1.21 bits per heavy atom. The summed E-state index contributed by atoms with van der Waals surface area (Å²) in [5.74, 6) is 0.529. The summed E-state index contributed by atoms with van der Waals surface area (Å²) in [5.41, 5.74) is 4.04. The molecule has 0 saturated carbocycles. The van der Waals surface area contributed by atoms with Crippen molar-refractivity contribution in [2.45, 2.75) is 19.3 Å². The smallest absolute Gasteiger partial charge is 0.0569 e. The molecule has 0 fully saturated rings. The molecule has 0 saturated heterocycles. The van der Waals surface area contributed by atoms with Crippen molar-refractivity contribution in [3.05, 3.63) is 47.7 Å². The Hall–Kier alpha value is -1.37. The van der Waals surface area contributed by atoms with Gasteiger partial charge in [-0.15, -0.1) is 0 Å². The minimum absolute atomic E-state index is 0.529. The molecule has 0 amide bonds. The third kappa shape index (κ3) is 1.12. The third-order valence-electron chi connectivity index (χ3n) is 3.01. The molecule has 0 bridgehead atoms. The third-order valence-corrected chi connectivity index (χ3v) is 3.01. The lowest BCUT2D eigenvalue weighted by atomic mass is 9.84. The predicted molar refractivity (Wildman–Crippen MR) is 59.2 cm³/mol. The van der Waals surface area contributed by atoms with E-state index in [1.54, 1.807) is 0 Å². The second-order valence-corrected chi connectivity index (χ2v) is 3.95. The van der Waals surface area contributed by atoms with E-state index >= 15 is 0 Å². The molecule has 1 aliphatic heterocycles. The van der Waals surface area contributed by atoms with Gasteiger partial charge in [-0.25, -0.2) is 0 Å². The Morgan fingerprint density at radius 3 is 3.00 bits per heavy atom. The molecule has 0 aromatic heterocycles. The molecular formula is C13H13N. The molecule has 0 aromatic rings. The molecular weight excluding hydrogens is 170 g/mol. The van der Waals surface area contributed by atoms with Gasteiger partial charge in [0.1, 0.15) is 0 Å². The van der Waals surface area contributed by atoms with Crippen molar-refractivity contribution in [3.8, 4) is 0 Å². The van der Waals surface area contributed by atoms with Crippen LogP contribution in [0.4, 0.5) is 0 Å². The van der Waals surface area contributed by atoms with E-state index < -0.39 is 0 Å². The molecule has 3 rings (SSSR count). The van der Waals surface area contributed by atoms with Crippen LogP contribution >= 0.6 is 0 Å². The summed E-state index contributed by atoms with van der Waals surface area (Å²) in [7, 11) is 0. The number of hydrogen-bond acceptors (Lipinski definition) is 1. The molecule has 3 aliphatic rings. The zero-order valence-electron chi connectivity index (χ0n) is 8.11. The maximum Gasteiger partial charge on any atom is 0.0569 e. The van der Waals surface area contributed by atoms with Crippen LogP contribution in [0, 0.1) is 5.92 Å². The molecule has 0 radical (unpaired) electrons. The van der Waals surface area contributed by atoms with E-state index in [2.05, 4.69) is 41.4 Å². The summed E-state index contributed by atoms with van der Waals surface area (Å²) in [6.07, 6.45) is 16.6. The van der Waals surface area contributed by atoms with Crippen molar-refractivity contribution in [1.29, 1.82) is 0 Å². The van der Waals surface area contributed by atoms with Crippen molar-refractivity contribution < 1.29 is 0 Å². The molecule has 14 heavy (non-hydrogen) atoms. The highest BCUT2D eigenvalue weighted by Crippen LogP contribution is 2.34. The van der Waals surface area contributed by atoms with Crippen LogP contribution in [0.25, 0.3) is 0 Å². The molecule has 1 heterocycles. The first-order valence-electron chi connectivity index (χ1n) is 5.27. The fraction of sp³-hybridized carbons (Fsp3) is 0.308. The average Bonchev–Trinajstić information content (AvgIpc) is 2.22. The predicted octanol–water partition coefficient (Wildman–Crippen LogP) is 3.18.